The molecule has 4 nitrogen and oxygen atoms in total. The number of hydrogen-bond donors (Lipinski definition) is 3. The van der Waals surface area contributed by atoms with Crippen molar-refractivity contribution in [1.82, 2.24) is 5.32 Å². The second-order valence-corrected chi connectivity index (χ2v) is 12.3. The van der Waals surface area contributed by atoms with E-state index >= 15 is 0 Å². The van der Waals surface area contributed by atoms with Gasteiger partial charge in [0.2, 0.25) is 5.91 Å². The summed E-state index contributed by atoms with van der Waals surface area (Å²) >= 11 is 0. The zero-order chi connectivity index (χ0) is 31.5. The lowest BCUT2D eigenvalue weighted by atomic mass is 10.1. The number of carbonyl (C=O) groups is 1. The van der Waals surface area contributed by atoms with Crippen molar-refractivity contribution in [2.24, 2.45) is 0 Å². The molecule has 0 aliphatic rings. The highest BCUT2D eigenvalue weighted by atomic mass is 16.3. The maximum absolute atomic E-state index is 12.3. The number of unbranched alkanes of at least 4 members (excludes halogenated alkanes) is 19. The van der Waals surface area contributed by atoms with Crippen LogP contribution < -0.4 is 5.32 Å². The normalized spacial score (nSPS) is 13.7. The first-order valence-electron chi connectivity index (χ1n) is 18.4. The number of hydrogen-bond acceptors (Lipinski definition) is 3. The van der Waals surface area contributed by atoms with Crippen LogP contribution in [0.3, 0.4) is 0 Å². The summed E-state index contributed by atoms with van der Waals surface area (Å²) in [7, 11) is 0. The average molecular weight is 602 g/mol. The van der Waals surface area contributed by atoms with Gasteiger partial charge in [0.05, 0.1) is 18.8 Å². The van der Waals surface area contributed by atoms with Crippen LogP contribution in [0.4, 0.5) is 0 Å². The summed E-state index contributed by atoms with van der Waals surface area (Å²) in [5, 5.41) is 22.8. The van der Waals surface area contributed by atoms with Crippen molar-refractivity contribution >= 4 is 5.91 Å². The average Bonchev–Trinajstić information content (AvgIpc) is 3.01. The third-order valence-corrected chi connectivity index (χ3v) is 8.01. The Balaban J connectivity index is 3.70. The van der Waals surface area contributed by atoms with Crippen LogP contribution in [0.5, 0.6) is 0 Å². The summed E-state index contributed by atoms with van der Waals surface area (Å²) in [4.78, 5) is 12.3. The maximum Gasteiger partial charge on any atom is 0.220 e. The van der Waals surface area contributed by atoms with Crippen molar-refractivity contribution in [3.8, 4) is 0 Å². The number of carbonyl (C=O) groups excluding carboxylic acids is 1. The van der Waals surface area contributed by atoms with E-state index in [2.05, 4.69) is 55.6 Å². The topological polar surface area (TPSA) is 69.6 Å². The van der Waals surface area contributed by atoms with Gasteiger partial charge in [0.25, 0.3) is 0 Å². The number of allylic oxidation sites excluding steroid dienone is 7. The molecule has 0 saturated heterocycles. The molecule has 0 bridgehead atoms. The smallest absolute Gasteiger partial charge is 0.220 e. The first-order valence-corrected chi connectivity index (χ1v) is 18.4. The Kier molecular flexibility index (Phi) is 33.5. The van der Waals surface area contributed by atoms with Crippen molar-refractivity contribution < 1.29 is 15.0 Å². The number of amides is 1. The second kappa shape index (κ2) is 34.8. The van der Waals surface area contributed by atoms with Gasteiger partial charge in [0, 0.05) is 6.42 Å². The fourth-order valence-electron chi connectivity index (χ4n) is 5.14. The highest BCUT2D eigenvalue weighted by Crippen LogP contribution is 2.12. The molecule has 0 fully saturated rings. The molecule has 0 rings (SSSR count). The monoisotopic (exact) mass is 602 g/mol. The van der Waals surface area contributed by atoms with E-state index in [1.807, 2.05) is 6.08 Å². The Labute approximate surface area is 267 Å². The summed E-state index contributed by atoms with van der Waals surface area (Å²) in [6.07, 6.45) is 46.2. The van der Waals surface area contributed by atoms with Crippen molar-refractivity contribution in [2.45, 2.75) is 187 Å². The fraction of sp³-hybridized carbons (Fsp3) is 0.769. The van der Waals surface area contributed by atoms with Gasteiger partial charge in [-0.15, -0.1) is 0 Å². The largest absolute Gasteiger partial charge is 0.394 e. The predicted octanol–water partition coefficient (Wildman–Crippen LogP) is 10.8. The lowest BCUT2D eigenvalue weighted by Crippen LogP contribution is -2.45. The minimum atomic E-state index is -0.871. The Hall–Kier alpha value is -1.65. The molecule has 0 aromatic carbocycles. The number of aliphatic hydroxyl groups is 2. The van der Waals surface area contributed by atoms with Crippen molar-refractivity contribution in [3.63, 3.8) is 0 Å². The molecule has 2 unspecified atom stereocenters. The van der Waals surface area contributed by atoms with E-state index in [0.717, 1.165) is 51.4 Å². The Bertz CT molecular complexity index is 697. The molecule has 0 aromatic heterocycles. The summed E-state index contributed by atoms with van der Waals surface area (Å²) in [5.41, 5.74) is 0. The molecule has 3 N–H and O–H groups in total. The Morgan fingerprint density at radius 2 is 0.907 bits per heavy atom. The van der Waals surface area contributed by atoms with Crippen LogP contribution >= 0.6 is 0 Å². The highest BCUT2D eigenvalue weighted by Gasteiger charge is 2.17. The van der Waals surface area contributed by atoms with E-state index in [-0.39, 0.29) is 12.5 Å². The van der Waals surface area contributed by atoms with Gasteiger partial charge in [0.15, 0.2) is 0 Å². The van der Waals surface area contributed by atoms with Crippen molar-refractivity contribution in [1.29, 1.82) is 0 Å². The molecule has 0 radical (unpaired) electrons. The van der Waals surface area contributed by atoms with E-state index < -0.39 is 12.1 Å². The first kappa shape index (κ1) is 41.4. The minimum absolute atomic E-state index is 0.0896. The van der Waals surface area contributed by atoms with E-state index in [1.54, 1.807) is 6.08 Å². The van der Waals surface area contributed by atoms with Crippen LogP contribution in [0, 0.1) is 0 Å². The van der Waals surface area contributed by atoms with E-state index in [4.69, 9.17) is 0 Å². The zero-order valence-corrected chi connectivity index (χ0v) is 28.5. The SMILES string of the molecule is CCCCC/C=C/CC/C=C/CC/C=C/C(O)C(CO)NC(=O)CCCCCCC/C=C\CCCCCCCCCCC. The maximum atomic E-state index is 12.3. The van der Waals surface area contributed by atoms with Crippen molar-refractivity contribution in [3.05, 3.63) is 48.6 Å². The molecule has 2 atom stereocenters. The Morgan fingerprint density at radius 1 is 0.535 bits per heavy atom. The summed E-state index contributed by atoms with van der Waals surface area (Å²) in [6, 6.07) is -0.647. The fourth-order valence-corrected chi connectivity index (χ4v) is 5.14. The molecular formula is C39H71NO3. The van der Waals surface area contributed by atoms with Gasteiger partial charge in [-0.05, 0) is 70.6 Å². The molecule has 1 amide bonds. The van der Waals surface area contributed by atoms with Crippen LogP contribution in [-0.4, -0.2) is 34.9 Å². The van der Waals surface area contributed by atoms with Crippen LogP contribution in [0.15, 0.2) is 48.6 Å². The number of nitrogens with one attached hydrogen (secondary N) is 1. The molecule has 0 aromatic rings. The molecular weight excluding hydrogens is 530 g/mol. The quantitative estimate of drug-likeness (QED) is 0.0530. The van der Waals surface area contributed by atoms with Gasteiger partial charge in [-0.2, -0.15) is 0 Å². The van der Waals surface area contributed by atoms with Crippen LogP contribution in [-0.2, 0) is 4.79 Å². The number of aliphatic hydroxyl groups excluding tert-OH is 2. The zero-order valence-electron chi connectivity index (χ0n) is 28.5. The highest BCUT2D eigenvalue weighted by molar-refractivity contribution is 5.76. The van der Waals surface area contributed by atoms with Crippen molar-refractivity contribution in [2.75, 3.05) is 6.61 Å². The van der Waals surface area contributed by atoms with Gasteiger partial charge in [0.1, 0.15) is 0 Å². The summed E-state index contributed by atoms with van der Waals surface area (Å²) in [5.74, 6) is -0.0896. The van der Waals surface area contributed by atoms with Gasteiger partial charge in [-0.25, -0.2) is 0 Å². The van der Waals surface area contributed by atoms with E-state index in [9.17, 15) is 15.0 Å². The van der Waals surface area contributed by atoms with E-state index in [0.29, 0.717) is 6.42 Å². The molecule has 0 saturated carbocycles. The summed E-state index contributed by atoms with van der Waals surface area (Å²) < 4.78 is 0. The molecule has 43 heavy (non-hydrogen) atoms. The van der Waals surface area contributed by atoms with Gasteiger partial charge in [-0.3, -0.25) is 4.79 Å². The van der Waals surface area contributed by atoms with Gasteiger partial charge in [-0.1, -0.05) is 146 Å². The van der Waals surface area contributed by atoms with Crippen LogP contribution in [0.2, 0.25) is 0 Å². The van der Waals surface area contributed by atoms with Crippen LogP contribution in [0.25, 0.3) is 0 Å². The predicted molar refractivity (Wildman–Crippen MR) is 188 cm³/mol. The third-order valence-electron chi connectivity index (χ3n) is 8.01. The Morgan fingerprint density at radius 3 is 1.40 bits per heavy atom. The molecule has 0 spiro atoms. The second-order valence-electron chi connectivity index (χ2n) is 12.3. The van der Waals surface area contributed by atoms with Gasteiger partial charge < -0.3 is 15.5 Å². The molecule has 0 aliphatic carbocycles. The minimum Gasteiger partial charge on any atom is -0.394 e. The lowest BCUT2D eigenvalue weighted by Gasteiger charge is -2.19. The molecule has 0 aliphatic heterocycles. The van der Waals surface area contributed by atoms with E-state index in [1.165, 1.54) is 103 Å². The molecule has 4 heteroatoms. The standard InChI is InChI=1S/C39H71NO3/c1-3-5-7-9-11-13-15-17-18-19-20-21-23-25-27-29-31-33-35-39(43)40-37(36-41)38(42)34-32-30-28-26-24-22-16-14-12-10-8-6-4-2/h12,14,20-21,24,26,32,34,37-38,41-42H,3-11,13,15-19,22-23,25,27-31,33,35-36H2,1-2H3,(H,40,43)/b14-12+,21-20-,26-24+,34-32+. The molecule has 0 heterocycles. The summed E-state index contributed by atoms with van der Waals surface area (Å²) in [6.45, 7) is 4.24. The van der Waals surface area contributed by atoms with Gasteiger partial charge >= 0.3 is 0 Å². The molecule has 250 valence electrons. The third kappa shape index (κ3) is 31.6. The number of rotatable bonds is 32. The van der Waals surface area contributed by atoms with Crippen LogP contribution in [0.1, 0.15) is 174 Å². The lowest BCUT2D eigenvalue weighted by molar-refractivity contribution is -0.123. The first-order chi connectivity index (χ1) is 21.2.